The smallest absolute Gasteiger partial charge is 0.109 e. The van der Waals surface area contributed by atoms with Gasteiger partial charge in [0.15, 0.2) is 0 Å². The van der Waals surface area contributed by atoms with Crippen LogP contribution in [0.4, 0.5) is 11.4 Å². The molecule has 2 N–H and O–H groups in total. The van der Waals surface area contributed by atoms with Crippen molar-refractivity contribution in [3.63, 3.8) is 0 Å². The molecule has 1 unspecified atom stereocenters. The summed E-state index contributed by atoms with van der Waals surface area (Å²) in [5.41, 5.74) is 7.90. The first-order valence-electron chi connectivity index (χ1n) is 13.9. The summed E-state index contributed by atoms with van der Waals surface area (Å²) in [6.45, 7) is 19.6. The molecule has 200 valence electrons. The molecule has 0 aliphatic carbocycles. The van der Waals surface area contributed by atoms with Crippen molar-refractivity contribution < 1.29 is 0 Å². The number of likely N-dealkylation sites (N-methyl/N-ethyl adjacent to an activating group) is 1. The van der Waals surface area contributed by atoms with Crippen LogP contribution in [-0.4, -0.2) is 75.5 Å². The molecular formula is C29H44N8. The van der Waals surface area contributed by atoms with Gasteiger partial charge in [-0.2, -0.15) is 10.2 Å². The minimum absolute atomic E-state index is 0.189. The third-order valence-electron chi connectivity index (χ3n) is 7.57. The lowest BCUT2D eigenvalue weighted by molar-refractivity contribution is 0.306. The number of aromatic nitrogens is 4. The minimum Gasteiger partial charge on any atom is -0.303 e. The maximum absolute atomic E-state index is 4.78. The van der Waals surface area contributed by atoms with Gasteiger partial charge in [0.25, 0.3) is 0 Å². The molecule has 0 bridgehead atoms. The molecule has 1 aliphatic rings. The average molecular weight is 505 g/mol. The average Bonchev–Trinajstić information content (AvgIpc) is 3.62. The van der Waals surface area contributed by atoms with Gasteiger partial charge in [0.1, 0.15) is 11.4 Å². The van der Waals surface area contributed by atoms with Gasteiger partial charge in [0.2, 0.25) is 0 Å². The summed E-state index contributed by atoms with van der Waals surface area (Å²) < 4.78 is 0. The molecule has 37 heavy (non-hydrogen) atoms. The van der Waals surface area contributed by atoms with Crippen LogP contribution in [0.3, 0.4) is 0 Å². The molecule has 4 rings (SSSR count). The van der Waals surface area contributed by atoms with E-state index >= 15 is 0 Å². The molecule has 0 fully saturated rings. The van der Waals surface area contributed by atoms with Gasteiger partial charge in [-0.15, -0.1) is 0 Å². The van der Waals surface area contributed by atoms with Crippen LogP contribution in [0, 0.1) is 6.92 Å². The van der Waals surface area contributed by atoms with Crippen LogP contribution >= 0.6 is 0 Å². The molecule has 0 spiro atoms. The molecule has 0 saturated heterocycles. The molecule has 1 atom stereocenters. The van der Waals surface area contributed by atoms with Crippen molar-refractivity contribution in [3.8, 4) is 11.3 Å². The molecular weight excluding hydrogens is 460 g/mol. The lowest BCUT2D eigenvalue weighted by Crippen LogP contribution is -2.43. The van der Waals surface area contributed by atoms with E-state index in [1.165, 1.54) is 11.4 Å². The Bertz CT molecular complexity index is 1140. The lowest BCUT2D eigenvalue weighted by Gasteiger charge is -2.37. The van der Waals surface area contributed by atoms with E-state index in [-0.39, 0.29) is 6.04 Å². The van der Waals surface area contributed by atoms with Crippen molar-refractivity contribution >= 4 is 11.4 Å². The van der Waals surface area contributed by atoms with Crippen molar-refractivity contribution in [2.45, 2.75) is 60.4 Å². The number of aromatic amines is 2. The highest BCUT2D eigenvalue weighted by molar-refractivity contribution is 5.80. The third-order valence-corrected chi connectivity index (χ3v) is 7.57. The third kappa shape index (κ3) is 5.75. The van der Waals surface area contributed by atoms with Gasteiger partial charge < -0.3 is 9.80 Å². The second-order valence-corrected chi connectivity index (χ2v) is 9.75. The van der Waals surface area contributed by atoms with E-state index in [1.54, 1.807) is 0 Å². The van der Waals surface area contributed by atoms with Crippen LogP contribution in [0.15, 0.2) is 48.3 Å². The highest BCUT2D eigenvalue weighted by Gasteiger charge is 2.36. The summed E-state index contributed by atoms with van der Waals surface area (Å²) in [5.74, 6) is 0. The minimum atomic E-state index is 0.189. The predicted molar refractivity (Wildman–Crippen MR) is 154 cm³/mol. The van der Waals surface area contributed by atoms with Gasteiger partial charge >= 0.3 is 0 Å². The Morgan fingerprint density at radius 3 is 2.19 bits per heavy atom. The molecule has 8 nitrogen and oxygen atoms in total. The first-order chi connectivity index (χ1) is 18.0. The Kier molecular flexibility index (Phi) is 9.05. The van der Waals surface area contributed by atoms with E-state index in [0.717, 1.165) is 80.4 Å². The quantitative estimate of drug-likeness (QED) is 0.332. The van der Waals surface area contributed by atoms with Gasteiger partial charge in [0.05, 0.1) is 29.3 Å². The van der Waals surface area contributed by atoms with E-state index in [0.29, 0.717) is 0 Å². The van der Waals surface area contributed by atoms with Crippen LogP contribution in [-0.2, 0) is 6.42 Å². The molecule has 1 aromatic carbocycles. The zero-order chi connectivity index (χ0) is 26.4. The van der Waals surface area contributed by atoms with Crippen LogP contribution < -0.4 is 10.0 Å². The molecule has 3 heterocycles. The normalized spacial score (nSPS) is 15.9. The van der Waals surface area contributed by atoms with Crippen LogP contribution in [0.1, 0.15) is 52.4 Å². The summed E-state index contributed by atoms with van der Waals surface area (Å²) in [7, 11) is 0. The SMILES string of the molecule is CCN(CC)CCC1=CC(C)N(c2c(CCN(CC)CC)n[nH]c2C)N1c1cn[nH]c1-c1ccccc1. The number of hydrogen-bond donors (Lipinski definition) is 2. The summed E-state index contributed by atoms with van der Waals surface area (Å²) in [4.78, 5) is 4.94. The van der Waals surface area contributed by atoms with Crippen LogP contribution in [0.5, 0.6) is 0 Å². The number of hydrazine groups is 1. The highest BCUT2D eigenvalue weighted by atomic mass is 15.7. The second kappa shape index (κ2) is 12.4. The zero-order valence-corrected chi connectivity index (χ0v) is 23.5. The number of nitrogens with zero attached hydrogens (tertiary/aromatic N) is 6. The van der Waals surface area contributed by atoms with Crippen molar-refractivity contribution in [1.82, 2.24) is 30.2 Å². The summed E-state index contributed by atoms with van der Waals surface area (Å²) in [5, 5.41) is 20.7. The molecule has 3 aromatic rings. The Balaban J connectivity index is 1.74. The van der Waals surface area contributed by atoms with E-state index in [4.69, 9.17) is 5.10 Å². The largest absolute Gasteiger partial charge is 0.303 e. The van der Waals surface area contributed by atoms with Gasteiger partial charge in [0, 0.05) is 37.2 Å². The van der Waals surface area contributed by atoms with Crippen molar-refractivity contribution in [1.29, 1.82) is 0 Å². The monoisotopic (exact) mass is 504 g/mol. The van der Waals surface area contributed by atoms with Gasteiger partial charge in [-0.05, 0) is 46.1 Å². The molecule has 1 aliphatic heterocycles. The zero-order valence-electron chi connectivity index (χ0n) is 23.5. The first kappa shape index (κ1) is 26.9. The van der Waals surface area contributed by atoms with Gasteiger partial charge in [-0.3, -0.25) is 20.2 Å². The Morgan fingerprint density at radius 2 is 1.54 bits per heavy atom. The first-order valence-corrected chi connectivity index (χ1v) is 13.9. The lowest BCUT2D eigenvalue weighted by atomic mass is 10.1. The maximum Gasteiger partial charge on any atom is 0.109 e. The van der Waals surface area contributed by atoms with Crippen molar-refractivity contribution in [3.05, 3.63) is 59.7 Å². The van der Waals surface area contributed by atoms with Gasteiger partial charge in [-0.25, -0.2) is 0 Å². The summed E-state index contributed by atoms with van der Waals surface area (Å²) in [6, 6.07) is 10.7. The number of H-pyrrole nitrogens is 2. The summed E-state index contributed by atoms with van der Waals surface area (Å²) in [6.07, 6.45) is 6.24. The number of hydrogen-bond acceptors (Lipinski definition) is 6. The topological polar surface area (TPSA) is 70.3 Å². The number of benzene rings is 1. The fraction of sp³-hybridized carbons (Fsp3) is 0.517. The Labute approximate surface area is 222 Å². The van der Waals surface area contributed by atoms with Crippen molar-refractivity contribution in [2.24, 2.45) is 0 Å². The molecule has 0 radical (unpaired) electrons. The molecule has 0 amide bonds. The fourth-order valence-corrected chi connectivity index (χ4v) is 5.33. The Hall–Kier alpha value is -3.10. The van der Waals surface area contributed by atoms with Crippen LogP contribution in [0.25, 0.3) is 11.3 Å². The maximum atomic E-state index is 4.78. The predicted octanol–water partition coefficient (Wildman–Crippen LogP) is 5.24. The van der Waals surface area contributed by atoms with E-state index in [2.05, 4.69) is 113 Å². The molecule has 0 saturated carbocycles. The van der Waals surface area contributed by atoms with E-state index < -0.39 is 0 Å². The Morgan fingerprint density at radius 1 is 0.892 bits per heavy atom. The standard InChI is InChI=1S/C29H44N8/c1-7-34(8-2)18-16-25-20-22(5)36(29-23(6)31-32-26(29)17-19-35(9-3)10-4)37(25)27-21-30-33-28(27)24-14-12-11-13-15-24/h11-15,20-22H,7-10,16-19H2,1-6H3,(H,30,33)(H,31,32). The second-order valence-electron chi connectivity index (χ2n) is 9.75. The number of anilines is 2. The van der Waals surface area contributed by atoms with Crippen molar-refractivity contribution in [2.75, 3.05) is 49.3 Å². The molecule has 8 heteroatoms. The van der Waals surface area contributed by atoms with Gasteiger partial charge in [-0.1, -0.05) is 58.0 Å². The van der Waals surface area contributed by atoms with E-state index in [9.17, 15) is 0 Å². The number of aryl methyl sites for hydroxylation is 1. The fourth-order valence-electron chi connectivity index (χ4n) is 5.33. The van der Waals surface area contributed by atoms with Crippen LogP contribution in [0.2, 0.25) is 0 Å². The highest BCUT2D eigenvalue weighted by Crippen LogP contribution is 2.41. The summed E-state index contributed by atoms with van der Waals surface area (Å²) >= 11 is 0. The van der Waals surface area contributed by atoms with E-state index in [1.807, 2.05) is 6.20 Å². The molecule has 2 aromatic heterocycles. The number of nitrogens with one attached hydrogen (secondary N) is 2. The number of rotatable bonds is 13.